The average molecular weight is 370 g/mol. The quantitative estimate of drug-likeness (QED) is 0.871. The van der Waals surface area contributed by atoms with Gasteiger partial charge in [-0.1, -0.05) is 34.4 Å². The van der Waals surface area contributed by atoms with Crippen LogP contribution < -0.4 is 5.32 Å². The molecule has 1 N–H and O–H groups in total. The number of likely N-dealkylation sites (N-methyl/N-ethyl adjacent to an activating group) is 1. The Morgan fingerprint density at radius 2 is 1.88 bits per heavy atom. The van der Waals surface area contributed by atoms with Gasteiger partial charge in [-0.3, -0.25) is 9.59 Å². The molecule has 0 unspecified atom stereocenters. The number of hydrogen-bond acceptors (Lipinski definition) is 4. The van der Waals surface area contributed by atoms with E-state index in [-0.39, 0.29) is 12.5 Å². The van der Waals surface area contributed by atoms with E-state index in [9.17, 15) is 9.59 Å². The molecule has 0 spiro atoms. The maximum Gasteiger partial charge on any atom is 0.259 e. The second kappa shape index (κ2) is 7.68. The number of rotatable bonds is 5. The molecule has 0 bridgehead atoms. The van der Waals surface area contributed by atoms with Crippen molar-refractivity contribution in [1.82, 2.24) is 10.1 Å². The predicted molar refractivity (Wildman–Crippen MR) is 92.6 cm³/mol. The van der Waals surface area contributed by atoms with Crippen LogP contribution in [-0.4, -0.2) is 35.0 Å². The summed E-state index contributed by atoms with van der Waals surface area (Å²) in [5.74, 6) is -0.286. The molecule has 2 amide bonds. The third kappa shape index (κ3) is 3.88. The molecule has 0 atom stereocenters. The minimum absolute atomic E-state index is 0.138. The number of aromatic nitrogens is 1. The summed E-state index contributed by atoms with van der Waals surface area (Å²) in [6.45, 7) is 5.34. The molecule has 128 valence electrons. The normalized spacial score (nSPS) is 10.5. The maximum absolute atomic E-state index is 12.6. The van der Waals surface area contributed by atoms with Crippen molar-refractivity contribution < 1.29 is 14.1 Å². The molecule has 2 aromatic rings. The zero-order valence-corrected chi connectivity index (χ0v) is 15.0. The number of carbonyl (C=O) groups excluding carboxylic acids is 2. The van der Waals surface area contributed by atoms with Gasteiger partial charge in [0.2, 0.25) is 5.91 Å². The highest BCUT2D eigenvalue weighted by molar-refractivity contribution is 6.39. The van der Waals surface area contributed by atoms with Gasteiger partial charge < -0.3 is 14.7 Å². The lowest BCUT2D eigenvalue weighted by molar-refractivity contribution is -0.116. The molecule has 24 heavy (non-hydrogen) atoms. The minimum atomic E-state index is -0.396. The molecule has 0 saturated carbocycles. The van der Waals surface area contributed by atoms with Crippen LogP contribution in [-0.2, 0) is 4.79 Å². The topological polar surface area (TPSA) is 75.4 Å². The SMILES string of the molecule is CCN(CC(=O)Nc1c(Cl)cccc1Cl)C(=O)c1c(C)noc1C. The van der Waals surface area contributed by atoms with Gasteiger partial charge in [-0.05, 0) is 32.9 Å². The van der Waals surface area contributed by atoms with Crippen LogP contribution in [0.15, 0.2) is 22.7 Å². The first-order valence-corrected chi connectivity index (χ1v) is 8.06. The Morgan fingerprint density at radius 3 is 2.38 bits per heavy atom. The van der Waals surface area contributed by atoms with Crippen molar-refractivity contribution in [3.63, 3.8) is 0 Å². The van der Waals surface area contributed by atoms with E-state index in [1.165, 1.54) is 4.90 Å². The molecule has 8 heteroatoms. The molecule has 0 aliphatic rings. The largest absolute Gasteiger partial charge is 0.361 e. The number of benzene rings is 1. The van der Waals surface area contributed by atoms with Crippen LogP contribution in [0.4, 0.5) is 5.69 Å². The number of amides is 2. The van der Waals surface area contributed by atoms with E-state index < -0.39 is 5.91 Å². The summed E-state index contributed by atoms with van der Waals surface area (Å²) in [5.41, 5.74) is 1.19. The molecule has 0 aliphatic heterocycles. The first kappa shape index (κ1) is 18.3. The Labute approximate surface area is 149 Å². The summed E-state index contributed by atoms with van der Waals surface area (Å²) < 4.78 is 5.01. The number of hydrogen-bond donors (Lipinski definition) is 1. The zero-order chi connectivity index (χ0) is 17.9. The predicted octanol–water partition coefficient (Wildman–Crippen LogP) is 3.70. The van der Waals surface area contributed by atoms with Crippen LogP contribution >= 0.6 is 23.2 Å². The van der Waals surface area contributed by atoms with Gasteiger partial charge in [0.1, 0.15) is 17.9 Å². The van der Waals surface area contributed by atoms with E-state index in [0.717, 1.165) is 0 Å². The van der Waals surface area contributed by atoms with Crippen molar-refractivity contribution in [3.05, 3.63) is 45.3 Å². The second-order valence-corrected chi connectivity index (χ2v) is 5.98. The van der Waals surface area contributed by atoms with Gasteiger partial charge in [-0.2, -0.15) is 0 Å². The molecular formula is C16H17Cl2N3O3. The molecule has 6 nitrogen and oxygen atoms in total. The number of anilines is 1. The Kier molecular flexibility index (Phi) is 5.85. The Balaban J connectivity index is 2.13. The van der Waals surface area contributed by atoms with Crippen LogP contribution in [0.5, 0.6) is 0 Å². The van der Waals surface area contributed by atoms with E-state index in [0.29, 0.717) is 39.3 Å². The molecule has 1 heterocycles. The van der Waals surface area contributed by atoms with E-state index in [4.69, 9.17) is 27.7 Å². The molecule has 0 saturated heterocycles. The molecule has 0 aliphatic carbocycles. The summed E-state index contributed by atoms with van der Waals surface area (Å²) in [5, 5.41) is 7.06. The second-order valence-electron chi connectivity index (χ2n) is 5.16. The summed E-state index contributed by atoms with van der Waals surface area (Å²) in [6.07, 6.45) is 0. The maximum atomic E-state index is 12.6. The van der Waals surface area contributed by atoms with E-state index in [1.807, 2.05) is 0 Å². The number of carbonyl (C=O) groups is 2. The van der Waals surface area contributed by atoms with Crippen molar-refractivity contribution in [3.8, 4) is 0 Å². The van der Waals surface area contributed by atoms with Gasteiger partial charge in [0.25, 0.3) is 5.91 Å². The Hall–Kier alpha value is -2.05. The van der Waals surface area contributed by atoms with Crippen molar-refractivity contribution in [1.29, 1.82) is 0 Å². The Bertz CT molecular complexity index is 734. The van der Waals surface area contributed by atoms with Gasteiger partial charge in [0.15, 0.2) is 0 Å². The smallest absolute Gasteiger partial charge is 0.259 e. The van der Waals surface area contributed by atoms with Crippen molar-refractivity contribution in [2.45, 2.75) is 20.8 Å². The third-order valence-corrected chi connectivity index (χ3v) is 4.11. The van der Waals surface area contributed by atoms with Gasteiger partial charge in [-0.15, -0.1) is 0 Å². The highest BCUT2D eigenvalue weighted by atomic mass is 35.5. The van der Waals surface area contributed by atoms with Crippen LogP contribution in [0, 0.1) is 13.8 Å². The molecule has 2 rings (SSSR count). The molecule has 1 aromatic heterocycles. The summed E-state index contributed by atoms with van der Waals surface area (Å²) in [7, 11) is 0. The van der Waals surface area contributed by atoms with Gasteiger partial charge in [0, 0.05) is 6.54 Å². The first-order chi connectivity index (χ1) is 11.3. The number of para-hydroxylation sites is 1. The summed E-state index contributed by atoms with van der Waals surface area (Å²) in [4.78, 5) is 26.3. The van der Waals surface area contributed by atoms with Gasteiger partial charge in [0.05, 0.1) is 21.4 Å². The first-order valence-electron chi connectivity index (χ1n) is 7.31. The van der Waals surface area contributed by atoms with Gasteiger partial charge >= 0.3 is 0 Å². The van der Waals surface area contributed by atoms with Crippen LogP contribution in [0.1, 0.15) is 28.7 Å². The van der Waals surface area contributed by atoms with Crippen LogP contribution in [0.25, 0.3) is 0 Å². The van der Waals surface area contributed by atoms with Gasteiger partial charge in [-0.25, -0.2) is 0 Å². The highest BCUT2D eigenvalue weighted by Crippen LogP contribution is 2.29. The average Bonchev–Trinajstić information content (AvgIpc) is 2.87. The summed E-state index contributed by atoms with van der Waals surface area (Å²) >= 11 is 12.1. The van der Waals surface area contributed by atoms with Crippen molar-refractivity contribution in [2.24, 2.45) is 0 Å². The lowest BCUT2D eigenvalue weighted by atomic mass is 10.1. The van der Waals surface area contributed by atoms with Crippen LogP contribution in [0.3, 0.4) is 0 Å². The van der Waals surface area contributed by atoms with Crippen LogP contribution in [0.2, 0.25) is 10.0 Å². The Morgan fingerprint density at radius 1 is 1.25 bits per heavy atom. The molecular weight excluding hydrogens is 353 g/mol. The van der Waals surface area contributed by atoms with Crippen molar-refractivity contribution >= 4 is 40.7 Å². The zero-order valence-electron chi connectivity index (χ0n) is 13.5. The molecule has 1 aromatic carbocycles. The summed E-state index contributed by atoms with van der Waals surface area (Å²) in [6, 6.07) is 4.92. The third-order valence-electron chi connectivity index (χ3n) is 3.48. The molecule has 0 fully saturated rings. The lowest BCUT2D eigenvalue weighted by Gasteiger charge is -2.20. The fourth-order valence-corrected chi connectivity index (χ4v) is 2.74. The van der Waals surface area contributed by atoms with Crippen molar-refractivity contribution in [2.75, 3.05) is 18.4 Å². The number of nitrogens with one attached hydrogen (secondary N) is 1. The number of halogens is 2. The lowest BCUT2D eigenvalue weighted by Crippen LogP contribution is -2.38. The van der Waals surface area contributed by atoms with E-state index in [2.05, 4.69) is 10.5 Å². The number of nitrogens with zero attached hydrogens (tertiary/aromatic N) is 2. The van der Waals surface area contributed by atoms with E-state index in [1.54, 1.807) is 39.0 Å². The number of aryl methyl sites for hydroxylation is 2. The van der Waals surface area contributed by atoms with E-state index >= 15 is 0 Å². The minimum Gasteiger partial charge on any atom is -0.361 e. The highest BCUT2D eigenvalue weighted by Gasteiger charge is 2.24. The monoisotopic (exact) mass is 369 g/mol. The standard InChI is InChI=1S/C16H17Cl2N3O3/c1-4-21(16(23)14-9(2)20-24-10(14)3)8-13(22)19-15-11(17)6-5-7-12(15)18/h5-7H,4,8H2,1-3H3,(H,19,22). The molecule has 0 radical (unpaired) electrons. The fourth-order valence-electron chi connectivity index (χ4n) is 2.24. The fraction of sp³-hybridized carbons (Fsp3) is 0.312.